The Hall–Kier alpha value is -1.30. The topological polar surface area (TPSA) is 32.3 Å². The average Bonchev–Trinajstić information content (AvgIpc) is 2.14. The van der Waals surface area contributed by atoms with E-state index in [1.807, 2.05) is 0 Å². The van der Waals surface area contributed by atoms with Crippen molar-refractivity contribution in [3.63, 3.8) is 0 Å². The van der Waals surface area contributed by atoms with E-state index in [4.69, 9.17) is 5.11 Å². The standard InChI is InChI=1S/C9H9F4NO/c10-7-5-6(9(11,12)13)1-2-8(7)14-3-4-15/h1-2,5,14-15H,3-4H2. The molecule has 0 aliphatic rings. The first-order valence-corrected chi connectivity index (χ1v) is 4.16. The van der Waals surface area contributed by atoms with Gasteiger partial charge in [-0.1, -0.05) is 0 Å². The lowest BCUT2D eigenvalue weighted by Crippen LogP contribution is -2.09. The van der Waals surface area contributed by atoms with Crippen molar-refractivity contribution >= 4 is 5.69 Å². The summed E-state index contributed by atoms with van der Waals surface area (Å²) in [5, 5.41) is 10.9. The van der Waals surface area contributed by atoms with Gasteiger partial charge >= 0.3 is 6.18 Å². The molecule has 0 atom stereocenters. The zero-order valence-electron chi connectivity index (χ0n) is 7.61. The summed E-state index contributed by atoms with van der Waals surface area (Å²) in [5.74, 6) is -0.988. The van der Waals surface area contributed by atoms with Crippen LogP contribution in [0.3, 0.4) is 0 Å². The van der Waals surface area contributed by atoms with Crippen molar-refractivity contribution < 1.29 is 22.7 Å². The molecule has 84 valence electrons. The van der Waals surface area contributed by atoms with Gasteiger partial charge in [-0.25, -0.2) is 4.39 Å². The van der Waals surface area contributed by atoms with E-state index in [0.29, 0.717) is 6.07 Å². The summed E-state index contributed by atoms with van der Waals surface area (Å²) in [5.41, 5.74) is -1.09. The molecule has 2 nitrogen and oxygen atoms in total. The predicted molar refractivity (Wildman–Crippen MR) is 47.0 cm³/mol. The van der Waals surface area contributed by atoms with E-state index in [1.165, 1.54) is 0 Å². The molecule has 0 amide bonds. The van der Waals surface area contributed by atoms with E-state index in [0.717, 1.165) is 12.1 Å². The van der Waals surface area contributed by atoms with E-state index in [9.17, 15) is 17.6 Å². The molecule has 0 saturated heterocycles. The Morgan fingerprint density at radius 1 is 1.27 bits per heavy atom. The molecular weight excluding hydrogens is 214 g/mol. The summed E-state index contributed by atoms with van der Waals surface area (Å²) >= 11 is 0. The predicted octanol–water partition coefficient (Wildman–Crippen LogP) is 2.25. The maximum atomic E-state index is 13.1. The molecule has 0 bridgehead atoms. The van der Waals surface area contributed by atoms with Gasteiger partial charge in [0.05, 0.1) is 17.9 Å². The van der Waals surface area contributed by atoms with E-state index in [-0.39, 0.29) is 18.8 Å². The van der Waals surface area contributed by atoms with Crippen LogP contribution in [-0.4, -0.2) is 18.3 Å². The van der Waals surface area contributed by atoms with Gasteiger partial charge in [0.2, 0.25) is 0 Å². The second-order valence-electron chi connectivity index (χ2n) is 2.84. The number of aliphatic hydroxyl groups is 1. The number of anilines is 1. The number of halogens is 4. The fraction of sp³-hybridized carbons (Fsp3) is 0.333. The summed E-state index contributed by atoms with van der Waals surface area (Å²) in [7, 11) is 0. The Labute approximate surface area is 83.5 Å². The van der Waals surface area contributed by atoms with Crippen molar-refractivity contribution in [3.8, 4) is 0 Å². The van der Waals surface area contributed by atoms with E-state index in [2.05, 4.69) is 5.32 Å². The number of aliphatic hydroxyl groups excluding tert-OH is 1. The van der Waals surface area contributed by atoms with Gasteiger partial charge in [-0.2, -0.15) is 13.2 Å². The van der Waals surface area contributed by atoms with Crippen LogP contribution in [0.15, 0.2) is 18.2 Å². The molecule has 0 aromatic heterocycles. The van der Waals surface area contributed by atoms with Crippen molar-refractivity contribution in [3.05, 3.63) is 29.6 Å². The van der Waals surface area contributed by atoms with Crippen LogP contribution in [0.25, 0.3) is 0 Å². The molecule has 0 unspecified atom stereocenters. The smallest absolute Gasteiger partial charge is 0.395 e. The molecule has 2 N–H and O–H groups in total. The highest BCUT2D eigenvalue weighted by molar-refractivity contribution is 5.46. The fourth-order valence-corrected chi connectivity index (χ4v) is 1.03. The van der Waals surface area contributed by atoms with Crippen molar-refractivity contribution in [1.29, 1.82) is 0 Å². The highest BCUT2D eigenvalue weighted by Gasteiger charge is 2.31. The molecule has 1 aromatic rings. The molecule has 0 saturated carbocycles. The van der Waals surface area contributed by atoms with Crippen LogP contribution in [0, 0.1) is 5.82 Å². The summed E-state index contributed by atoms with van der Waals surface area (Å²) in [6, 6.07) is 2.19. The van der Waals surface area contributed by atoms with Crippen LogP contribution in [0.1, 0.15) is 5.56 Å². The number of nitrogens with one attached hydrogen (secondary N) is 1. The maximum Gasteiger partial charge on any atom is 0.416 e. The van der Waals surface area contributed by atoms with E-state index < -0.39 is 17.6 Å². The summed E-state index contributed by atoms with van der Waals surface area (Å²) in [6.07, 6.45) is -4.55. The Bertz CT molecular complexity index is 337. The molecule has 0 heterocycles. The zero-order chi connectivity index (χ0) is 11.5. The second kappa shape index (κ2) is 4.48. The van der Waals surface area contributed by atoms with Gasteiger partial charge in [0.15, 0.2) is 0 Å². The molecule has 0 radical (unpaired) electrons. The molecule has 1 rings (SSSR count). The van der Waals surface area contributed by atoms with Crippen molar-refractivity contribution in [1.82, 2.24) is 0 Å². The van der Waals surface area contributed by atoms with Crippen molar-refractivity contribution in [2.45, 2.75) is 6.18 Å². The first-order valence-electron chi connectivity index (χ1n) is 4.16. The number of hydrogen-bond donors (Lipinski definition) is 2. The fourth-order valence-electron chi connectivity index (χ4n) is 1.03. The summed E-state index contributed by atoms with van der Waals surface area (Å²) in [4.78, 5) is 0. The summed E-state index contributed by atoms with van der Waals surface area (Å²) < 4.78 is 49.4. The first kappa shape index (κ1) is 11.8. The van der Waals surface area contributed by atoms with Crippen LogP contribution < -0.4 is 5.32 Å². The minimum Gasteiger partial charge on any atom is -0.395 e. The van der Waals surface area contributed by atoms with Gasteiger partial charge in [-0.05, 0) is 18.2 Å². The average molecular weight is 223 g/mol. The highest BCUT2D eigenvalue weighted by Crippen LogP contribution is 2.31. The van der Waals surface area contributed by atoms with Crippen LogP contribution >= 0.6 is 0 Å². The van der Waals surface area contributed by atoms with Gasteiger partial charge < -0.3 is 10.4 Å². The van der Waals surface area contributed by atoms with Crippen molar-refractivity contribution in [2.75, 3.05) is 18.5 Å². The third-order valence-corrected chi connectivity index (χ3v) is 1.72. The van der Waals surface area contributed by atoms with Gasteiger partial charge in [0.25, 0.3) is 0 Å². The summed E-state index contributed by atoms with van der Waals surface area (Å²) in [6.45, 7) is -0.136. The van der Waals surface area contributed by atoms with Gasteiger partial charge in [0, 0.05) is 6.54 Å². The lowest BCUT2D eigenvalue weighted by atomic mass is 10.2. The molecule has 0 spiro atoms. The second-order valence-corrected chi connectivity index (χ2v) is 2.84. The quantitative estimate of drug-likeness (QED) is 0.770. The van der Waals surface area contributed by atoms with Crippen LogP contribution in [-0.2, 0) is 6.18 Å². The third kappa shape index (κ3) is 3.09. The van der Waals surface area contributed by atoms with E-state index in [1.54, 1.807) is 0 Å². The Balaban J connectivity index is 2.88. The van der Waals surface area contributed by atoms with E-state index >= 15 is 0 Å². The lowest BCUT2D eigenvalue weighted by Gasteiger charge is -2.09. The molecule has 0 fully saturated rings. The highest BCUT2D eigenvalue weighted by atomic mass is 19.4. The number of benzene rings is 1. The molecule has 0 aliphatic carbocycles. The van der Waals surface area contributed by atoms with Gasteiger partial charge in [-0.15, -0.1) is 0 Å². The monoisotopic (exact) mass is 223 g/mol. The zero-order valence-corrected chi connectivity index (χ0v) is 7.61. The molecular formula is C9H9F4NO. The number of hydrogen-bond acceptors (Lipinski definition) is 2. The normalized spacial score (nSPS) is 11.5. The van der Waals surface area contributed by atoms with Crippen LogP contribution in [0.4, 0.5) is 23.2 Å². The Morgan fingerprint density at radius 2 is 1.93 bits per heavy atom. The van der Waals surface area contributed by atoms with Crippen LogP contribution in [0.5, 0.6) is 0 Å². The number of alkyl halides is 3. The van der Waals surface area contributed by atoms with Crippen molar-refractivity contribution in [2.24, 2.45) is 0 Å². The van der Waals surface area contributed by atoms with Crippen LogP contribution in [0.2, 0.25) is 0 Å². The SMILES string of the molecule is OCCNc1ccc(C(F)(F)F)cc1F. The molecule has 6 heteroatoms. The van der Waals surface area contributed by atoms with Gasteiger partial charge in [0.1, 0.15) is 5.82 Å². The lowest BCUT2D eigenvalue weighted by molar-refractivity contribution is -0.137. The molecule has 1 aromatic carbocycles. The minimum atomic E-state index is -4.55. The maximum absolute atomic E-state index is 13.1. The molecule has 0 aliphatic heterocycles. The van der Waals surface area contributed by atoms with Gasteiger partial charge in [-0.3, -0.25) is 0 Å². The molecule has 15 heavy (non-hydrogen) atoms. The number of rotatable bonds is 3. The Morgan fingerprint density at radius 3 is 2.40 bits per heavy atom. The first-order chi connectivity index (χ1) is 6.95. The minimum absolute atomic E-state index is 0.0583. The largest absolute Gasteiger partial charge is 0.416 e. The Kier molecular flexibility index (Phi) is 3.52. The third-order valence-electron chi connectivity index (χ3n) is 1.72.